The van der Waals surface area contributed by atoms with Crippen molar-refractivity contribution < 1.29 is 14.5 Å². The van der Waals surface area contributed by atoms with Crippen LogP contribution in [0, 0.1) is 10.1 Å². The van der Waals surface area contributed by atoms with Crippen molar-refractivity contribution in [1.82, 2.24) is 19.7 Å². The van der Waals surface area contributed by atoms with Gasteiger partial charge in [0.15, 0.2) is 0 Å². The number of anilines is 1. The Morgan fingerprint density at radius 3 is 2.68 bits per heavy atom. The second kappa shape index (κ2) is 8.42. The van der Waals surface area contributed by atoms with E-state index in [0.717, 1.165) is 18.7 Å². The predicted octanol–water partition coefficient (Wildman–Crippen LogP) is 3.61. The molecule has 1 aliphatic carbocycles. The van der Waals surface area contributed by atoms with E-state index in [1.165, 1.54) is 35.2 Å². The maximum atomic E-state index is 13.4. The van der Waals surface area contributed by atoms with Gasteiger partial charge in [-0.1, -0.05) is 6.07 Å². The number of nitro groups is 1. The third kappa shape index (κ3) is 4.41. The van der Waals surface area contributed by atoms with E-state index in [2.05, 4.69) is 31.0 Å². The summed E-state index contributed by atoms with van der Waals surface area (Å²) in [5, 5.41) is 15.6. The summed E-state index contributed by atoms with van der Waals surface area (Å²) in [7, 11) is 3.18. The van der Waals surface area contributed by atoms with Crippen molar-refractivity contribution in [3.63, 3.8) is 0 Å². The topological polar surface area (TPSA) is 116 Å². The van der Waals surface area contributed by atoms with Crippen molar-refractivity contribution in [2.24, 2.45) is 7.05 Å². The molecule has 0 unspecified atom stereocenters. The van der Waals surface area contributed by atoms with E-state index in [0.29, 0.717) is 27.2 Å². The molecule has 0 N–H and O–H groups in total. The van der Waals surface area contributed by atoms with Crippen LogP contribution in [0.5, 0.6) is 5.88 Å². The summed E-state index contributed by atoms with van der Waals surface area (Å²) >= 11 is 3.19. The maximum absolute atomic E-state index is 13.4. The Morgan fingerprint density at radius 1 is 1.35 bits per heavy atom. The third-order valence-electron chi connectivity index (χ3n) is 4.92. The first-order valence-electron chi connectivity index (χ1n) is 9.51. The zero-order valence-electron chi connectivity index (χ0n) is 16.9. The third-order valence-corrected chi connectivity index (χ3v) is 5.59. The number of benzene rings is 1. The molecule has 10 nitrogen and oxygen atoms in total. The van der Waals surface area contributed by atoms with Gasteiger partial charge >= 0.3 is 0 Å². The fourth-order valence-corrected chi connectivity index (χ4v) is 3.58. The summed E-state index contributed by atoms with van der Waals surface area (Å²) in [5.74, 6) is 1.02. The van der Waals surface area contributed by atoms with Gasteiger partial charge in [0.05, 0.1) is 34.8 Å². The normalized spacial score (nSPS) is 13.1. The zero-order valence-corrected chi connectivity index (χ0v) is 18.4. The quantitative estimate of drug-likeness (QED) is 0.369. The van der Waals surface area contributed by atoms with Crippen LogP contribution in [0.2, 0.25) is 0 Å². The van der Waals surface area contributed by atoms with E-state index < -0.39 is 4.92 Å². The second-order valence-electron chi connectivity index (χ2n) is 7.24. The first-order valence-corrected chi connectivity index (χ1v) is 10.3. The van der Waals surface area contributed by atoms with Crippen molar-refractivity contribution in [2.75, 3.05) is 12.0 Å². The molecule has 0 bridgehead atoms. The molecule has 0 aliphatic heterocycles. The highest BCUT2D eigenvalue weighted by atomic mass is 79.9. The van der Waals surface area contributed by atoms with Gasteiger partial charge in [-0.25, -0.2) is 9.97 Å². The first-order chi connectivity index (χ1) is 14.9. The van der Waals surface area contributed by atoms with Crippen molar-refractivity contribution in [1.29, 1.82) is 0 Å². The summed E-state index contributed by atoms with van der Waals surface area (Å²) in [6.07, 6.45) is 6.82. The number of carbonyl (C=O) groups excluding carboxylic acids is 1. The molecule has 2 aromatic heterocycles. The molecule has 160 valence electrons. The molecule has 1 amide bonds. The average Bonchev–Trinajstić information content (AvgIpc) is 3.54. The van der Waals surface area contributed by atoms with Crippen LogP contribution in [0.1, 0.15) is 40.5 Å². The van der Waals surface area contributed by atoms with Crippen LogP contribution in [0.3, 0.4) is 0 Å². The number of amides is 1. The number of carbonyl (C=O) groups is 1. The van der Waals surface area contributed by atoms with E-state index in [1.807, 2.05) is 0 Å². The fraction of sp³-hybridized carbons (Fsp3) is 0.300. The summed E-state index contributed by atoms with van der Waals surface area (Å²) < 4.78 is 7.23. The van der Waals surface area contributed by atoms with Gasteiger partial charge in [0.2, 0.25) is 0 Å². The lowest BCUT2D eigenvalue weighted by atomic mass is 10.1. The molecule has 1 aliphatic rings. The van der Waals surface area contributed by atoms with Crippen LogP contribution in [-0.2, 0) is 13.6 Å². The lowest BCUT2D eigenvalue weighted by molar-refractivity contribution is -0.385. The number of hydrogen-bond acceptors (Lipinski definition) is 7. The molecule has 1 fully saturated rings. The lowest BCUT2D eigenvalue weighted by Crippen LogP contribution is -2.31. The van der Waals surface area contributed by atoms with Crippen molar-refractivity contribution >= 4 is 33.2 Å². The van der Waals surface area contributed by atoms with Crippen molar-refractivity contribution in [2.45, 2.75) is 25.3 Å². The molecule has 4 rings (SSSR count). The molecule has 0 saturated heterocycles. The Morgan fingerprint density at radius 2 is 2.06 bits per heavy atom. The van der Waals surface area contributed by atoms with E-state index in [1.54, 1.807) is 25.4 Å². The van der Waals surface area contributed by atoms with Crippen molar-refractivity contribution in [3.8, 4) is 5.88 Å². The summed E-state index contributed by atoms with van der Waals surface area (Å²) in [5.41, 5.74) is 1.23. The number of methoxy groups -OCH3 is 1. The Hall–Kier alpha value is -3.34. The van der Waals surface area contributed by atoms with Gasteiger partial charge in [0, 0.05) is 31.4 Å². The molecule has 0 spiro atoms. The van der Waals surface area contributed by atoms with Gasteiger partial charge in [-0.2, -0.15) is 0 Å². The van der Waals surface area contributed by atoms with Gasteiger partial charge in [0.1, 0.15) is 11.5 Å². The van der Waals surface area contributed by atoms with Gasteiger partial charge < -0.3 is 4.74 Å². The second-order valence-corrected chi connectivity index (χ2v) is 8.09. The van der Waals surface area contributed by atoms with Gasteiger partial charge in [-0.05, 0) is 40.4 Å². The number of aryl methyl sites for hydroxylation is 1. The number of halogens is 1. The minimum Gasteiger partial charge on any atom is -0.478 e. The van der Waals surface area contributed by atoms with Gasteiger partial charge in [-0.3, -0.25) is 24.5 Å². The van der Waals surface area contributed by atoms with Crippen LogP contribution in [0.15, 0.2) is 41.3 Å². The molecule has 1 saturated carbocycles. The predicted molar refractivity (Wildman–Crippen MR) is 115 cm³/mol. The lowest BCUT2D eigenvalue weighted by Gasteiger charge is -2.22. The number of nitrogens with zero attached hydrogens (tertiary/aromatic N) is 6. The number of aromatic nitrogens is 4. The van der Waals surface area contributed by atoms with Crippen LogP contribution in [-0.4, -0.2) is 37.7 Å². The molecule has 3 aromatic rings. The molecule has 1 aromatic carbocycles. The molecule has 31 heavy (non-hydrogen) atoms. The molecular formula is C20H19BrN6O4. The highest BCUT2D eigenvalue weighted by molar-refractivity contribution is 9.10. The Balaban J connectivity index is 1.71. The summed E-state index contributed by atoms with van der Waals surface area (Å²) in [6, 6.07) is 4.73. The first kappa shape index (κ1) is 20.9. The van der Waals surface area contributed by atoms with E-state index in [-0.39, 0.29) is 24.0 Å². The van der Waals surface area contributed by atoms with Gasteiger partial charge in [0.25, 0.3) is 17.5 Å². The summed E-state index contributed by atoms with van der Waals surface area (Å²) in [4.78, 5) is 34.4. The number of nitro benzene ring substituents is 1. The largest absolute Gasteiger partial charge is 0.478 e. The fourth-order valence-electron chi connectivity index (χ4n) is 3.19. The van der Waals surface area contributed by atoms with E-state index in [9.17, 15) is 14.9 Å². The molecule has 0 atom stereocenters. The SMILES string of the molecule is COc1nn(C)cc1N(Cc1ccc(Br)c([N+](=O)[O-])c1)C(=O)c1cnc(C2CC2)nc1. The van der Waals surface area contributed by atoms with Crippen LogP contribution < -0.4 is 9.64 Å². The monoisotopic (exact) mass is 486 g/mol. The molecule has 0 radical (unpaired) electrons. The summed E-state index contributed by atoms with van der Waals surface area (Å²) in [6.45, 7) is 0.0688. The smallest absolute Gasteiger partial charge is 0.283 e. The molecular weight excluding hydrogens is 468 g/mol. The zero-order chi connectivity index (χ0) is 22.1. The standard InChI is InChI=1S/C20H19BrN6O4/c1-25-11-17(19(24-25)31-2)26(10-12-3-6-15(21)16(7-12)27(29)30)20(28)14-8-22-18(23-9-14)13-4-5-13/h3,6-9,11,13H,4-5,10H2,1-2H3. The highest BCUT2D eigenvalue weighted by Crippen LogP contribution is 2.38. The maximum Gasteiger partial charge on any atom is 0.283 e. The van der Waals surface area contributed by atoms with Crippen molar-refractivity contribution in [3.05, 3.63) is 68.3 Å². The van der Waals surface area contributed by atoms with Gasteiger partial charge in [-0.15, -0.1) is 5.10 Å². The van der Waals surface area contributed by atoms with E-state index >= 15 is 0 Å². The Kier molecular flexibility index (Phi) is 5.68. The van der Waals surface area contributed by atoms with Crippen LogP contribution in [0.4, 0.5) is 11.4 Å². The minimum absolute atomic E-state index is 0.0688. The minimum atomic E-state index is -0.477. The van der Waals surface area contributed by atoms with Crippen LogP contribution in [0.25, 0.3) is 0 Å². The van der Waals surface area contributed by atoms with Crippen LogP contribution >= 0.6 is 15.9 Å². The number of ether oxygens (including phenoxy) is 1. The molecule has 2 heterocycles. The Labute approximate surface area is 186 Å². The number of rotatable bonds is 7. The molecule has 11 heteroatoms. The Bertz CT molecular complexity index is 1140. The van der Waals surface area contributed by atoms with E-state index in [4.69, 9.17) is 4.74 Å². The number of hydrogen-bond donors (Lipinski definition) is 0. The highest BCUT2D eigenvalue weighted by Gasteiger charge is 2.28. The average molecular weight is 487 g/mol.